The molecular formula is C10H10Cl2N2O. The normalized spacial score (nSPS) is 11.5. The summed E-state index contributed by atoms with van der Waals surface area (Å²) in [6, 6.07) is 1.64. The highest BCUT2D eigenvalue weighted by Crippen LogP contribution is 2.36. The Morgan fingerprint density at radius 2 is 2.07 bits per heavy atom. The summed E-state index contributed by atoms with van der Waals surface area (Å²) in [6.45, 7) is 3.98. The molecule has 2 rings (SSSR count). The van der Waals surface area contributed by atoms with E-state index >= 15 is 0 Å². The summed E-state index contributed by atoms with van der Waals surface area (Å²) in [5.74, 6) is 0.835. The second kappa shape index (κ2) is 3.58. The van der Waals surface area contributed by atoms with Gasteiger partial charge < -0.3 is 10.2 Å². The standard InChI is InChI=1S/C10H10Cl2N2O/c1-4(2)10-14-9-6(15-10)3-5(11)8(13)7(9)12/h3-4H,13H2,1-2H3. The minimum atomic E-state index is 0.202. The maximum atomic E-state index is 6.02. The third kappa shape index (κ3) is 1.66. The molecule has 0 atom stereocenters. The Morgan fingerprint density at radius 3 is 2.67 bits per heavy atom. The number of nitrogen functional groups attached to an aromatic ring is 1. The first-order chi connectivity index (χ1) is 7.00. The monoisotopic (exact) mass is 244 g/mol. The highest BCUT2D eigenvalue weighted by molar-refractivity contribution is 6.42. The zero-order chi connectivity index (χ0) is 11.2. The molecule has 0 saturated heterocycles. The van der Waals surface area contributed by atoms with Crippen molar-refractivity contribution in [1.82, 2.24) is 4.98 Å². The van der Waals surface area contributed by atoms with Crippen molar-refractivity contribution in [2.75, 3.05) is 5.73 Å². The first kappa shape index (κ1) is 10.6. The molecule has 15 heavy (non-hydrogen) atoms. The largest absolute Gasteiger partial charge is 0.440 e. The number of rotatable bonds is 1. The Bertz CT molecular complexity index is 520. The number of oxazole rings is 1. The molecule has 0 radical (unpaired) electrons. The van der Waals surface area contributed by atoms with Gasteiger partial charge in [0.25, 0.3) is 0 Å². The number of aromatic nitrogens is 1. The molecule has 1 aromatic carbocycles. The fourth-order valence-corrected chi connectivity index (χ4v) is 1.76. The number of hydrogen-bond donors (Lipinski definition) is 1. The van der Waals surface area contributed by atoms with Crippen LogP contribution in [0, 0.1) is 0 Å². The van der Waals surface area contributed by atoms with E-state index in [0.29, 0.717) is 32.7 Å². The lowest BCUT2D eigenvalue weighted by Gasteiger charge is -1.99. The van der Waals surface area contributed by atoms with E-state index in [1.165, 1.54) is 0 Å². The van der Waals surface area contributed by atoms with Crippen molar-refractivity contribution >= 4 is 40.0 Å². The van der Waals surface area contributed by atoms with Gasteiger partial charge in [0, 0.05) is 12.0 Å². The van der Waals surface area contributed by atoms with Crippen molar-refractivity contribution in [2.45, 2.75) is 19.8 Å². The minimum Gasteiger partial charge on any atom is -0.440 e. The van der Waals surface area contributed by atoms with Gasteiger partial charge in [0.2, 0.25) is 0 Å². The molecule has 0 unspecified atom stereocenters. The molecule has 0 aliphatic carbocycles. The van der Waals surface area contributed by atoms with E-state index in [2.05, 4.69) is 4.98 Å². The molecule has 0 saturated carbocycles. The van der Waals surface area contributed by atoms with Gasteiger partial charge in [0.1, 0.15) is 5.52 Å². The van der Waals surface area contributed by atoms with Gasteiger partial charge in [0.05, 0.1) is 15.7 Å². The molecule has 2 aromatic rings. The molecule has 0 bridgehead atoms. The smallest absolute Gasteiger partial charge is 0.198 e. The second-order valence-corrected chi connectivity index (χ2v) is 4.42. The summed E-state index contributed by atoms with van der Waals surface area (Å²) < 4.78 is 5.51. The van der Waals surface area contributed by atoms with Crippen LogP contribution in [0.2, 0.25) is 10.0 Å². The maximum Gasteiger partial charge on any atom is 0.198 e. The molecule has 0 aliphatic rings. The molecule has 3 nitrogen and oxygen atoms in total. The minimum absolute atomic E-state index is 0.202. The Kier molecular flexibility index (Phi) is 2.52. The summed E-state index contributed by atoms with van der Waals surface area (Å²) >= 11 is 11.9. The number of anilines is 1. The fourth-order valence-electron chi connectivity index (χ4n) is 1.28. The van der Waals surface area contributed by atoms with Gasteiger partial charge in [0.15, 0.2) is 11.5 Å². The Labute approximate surface area is 97.2 Å². The van der Waals surface area contributed by atoms with Crippen LogP contribution in [-0.4, -0.2) is 4.98 Å². The van der Waals surface area contributed by atoms with Crippen LogP contribution < -0.4 is 5.73 Å². The van der Waals surface area contributed by atoms with E-state index in [1.807, 2.05) is 13.8 Å². The lowest BCUT2D eigenvalue weighted by Crippen LogP contribution is -1.89. The van der Waals surface area contributed by atoms with Crippen molar-refractivity contribution in [1.29, 1.82) is 0 Å². The number of fused-ring (bicyclic) bond motifs is 1. The van der Waals surface area contributed by atoms with Gasteiger partial charge >= 0.3 is 0 Å². The van der Waals surface area contributed by atoms with Gasteiger partial charge in [-0.15, -0.1) is 0 Å². The van der Waals surface area contributed by atoms with Gasteiger partial charge in [-0.2, -0.15) is 0 Å². The van der Waals surface area contributed by atoms with Gasteiger partial charge in [-0.05, 0) is 0 Å². The van der Waals surface area contributed by atoms with E-state index in [9.17, 15) is 0 Å². The van der Waals surface area contributed by atoms with Crippen molar-refractivity contribution in [2.24, 2.45) is 0 Å². The Hall–Kier alpha value is -0.930. The average molecular weight is 245 g/mol. The van der Waals surface area contributed by atoms with E-state index in [4.69, 9.17) is 33.4 Å². The van der Waals surface area contributed by atoms with E-state index in [1.54, 1.807) is 6.07 Å². The topological polar surface area (TPSA) is 52.0 Å². The summed E-state index contributed by atoms with van der Waals surface area (Å²) in [6.07, 6.45) is 0. The van der Waals surface area contributed by atoms with Crippen LogP contribution in [0.25, 0.3) is 11.1 Å². The summed E-state index contributed by atoms with van der Waals surface area (Å²) in [7, 11) is 0. The zero-order valence-corrected chi connectivity index (χ0v) is 9.86. The van der Waals surface area contributed by atoms with Gasteiger partial charge in [-0.3, -0.25) is 0 Å². The summed E-state index contributed by atoms with van der Waals surface area (Å²) in [5, 5.41) is 0.743. The van der Waals surface area contributed by atoms with Crippen LogP contribution >= 0.6 is 23.2 Å². The first-order valence-corrected chi connectivity index (χ1v) is 5.30. The van der Waals surface area contributed by atoms with Gasteiger partial charge in [-0.1, -0.05) is 37.0 Å². The number of hydrogen-bond acceptors (Lipinski definition) is 3. The molecule has 0 aliphatic heterocycles. The number of nitrogens with two attached hydrogens (primary N) is 1. The predicted molar refractivity (Wildman–Crippen MR) is 62.5 cm³/mol. The molecule has 1 aromatic heterocycles. The van der Waals surface area contributed by atoms with Crippen LogP contribution in [0.1, 0.15) is 25.7 Å². The van der Waals surface area contributed by atoms with E-state index in [-0.39, 0.29) is 5.92 Å². The van der Waals surface area contributed by atoms with Crippen molar-refractivity contribution in [3.05, 3.63) is 22.0 Å². The van der Waals surface area contributed by atoms with Crippen LogP contribution in [0.5, 0.6) is 0 Å². The molecule has 80 valence electrons. The first-order valence-electron chi connectivity index (χ1n) is 4.54. The SMILES string of the molecule is CC(C)c1nc2c(Cl)c(N)c(Cl)cc2o1. The number of nitrogens with zero attached hydrogens (tertiary/aromatic N) is 1. The highest BCUT2D eigenvalue weighted by Gasteiger charge is 2.15. The van der Waals surface area contributed by atoms with Crippen molar-refractivity contribution < 1.29 is 4.42 Å². The number of halogens is 2. The number of benzene rings is 1. The third-order valence-corrected chi connectivity index (χ3v) is 2.82. The molecule has 0 fully saturated rings. The third-order valence-electron chi connectivity index (χ3n) is 2.12. The lowest BCUT2D eigenvalue weighted by atomic mass is 10.2. The molecule has 1 heterocycles. The molecule has 0 amide bonds. The van der Waals surface area contributed by atoms with Gasteiger partial charge in [-0.25, -0.2) is 4.98 Å². The molecule has 0 spiro atoms. The predicted octanol–water partition coefficient (Wildman–Crippen LogP) is 3.84. The van der Waals surface area contributed by atoms with E-state index in [0.717, 1.165) is 0 Å². The summed E-state index contributed by atoms with van der Waals surface area (Å²) in [4.78, 5) is 4.28. The van der Waals surface area contributed by atoms with Crippen LogP contribution in [0.3, 0.4) is 0 Å². The van der Waals surface area contributed by atoms with Crippen LogP contribution in [-0.2, 0) is 0 Å². The van der Waals surface area contributed by atoms with Crippen molar-refractivity contribution in [3.8, 4) is 0 Å². The summed E-state index contributed by atoms with van der Waals surface area (Å²) in [5.41, 5.74) is 7.17. The maximum absolute atomic E-state index is 6.02. The van der Waals surface area contributed by atoms with E-state index < -0.39 is 0 Å². The fraction of sp³-hybridized carbons (Fsp3) is 0.300. The highest BCUT2D eigenvalue weighted by atomic mass is 35.5. The average Bonchev–Trinajstić information content (AvgIpc) is 2.58. The molecule has 2 N–H and O–H groups in total. The zero-order valence-electron chi connectivity index (χ0n) is 8.34. The molecular weight excluding hydrogens is 235 g/mol. The lowest BCUT2D eigenvalue weighted by molar-refractivity contribution is 0.501. The van der Waals surface area contributed by atoms with Crippen LogP contribution in [0.4, 0.5) is 5.69 Å². The Morgan fingerprint density at radius 1 is 1.40 bits per heavy atom. The molecule has 5 heteroatoms. The quantitative estimate of drug-likeness (QED) is 0.776. The second-order valence-electron chi connectivity index (χ2n) is 3.64. The Balaban J connectivity index is 2.76. The van der Waals surface area contributed by atoms with Crippen LogP contribution in [0.15, 0.2) is 10.5 Å². The van der Waals surface area contributed by atoms with Crippen molar-refractivity contribution in [3.63, 3.8) is 0 Å².